The number of aliphatic carboxylic acids is 1. The van der Waals surface area contributed by atoms with Gasteiger partial charge in [0.1, 0.15) is 18.7 Å². The summed E-state index contributed by atoms with van der Waals surface area (Å²) in [7, 11) is 0. The number of nitrogen functional groups attached to an aromatic ring is 1. The summed E-state index contributed by atoms with van der Waals surface area (Å²) < 4.78 is 2.66. The van der Waals surface area contributed by atoms with Gasteiger partial charge in [0.25, 0.3) is 5.56 Å². The first-order chi connectivity index (χ1) is 16.9. The molecular formula is C23H18ClN7O4. The molecule has 3 atom stereocenters. The minimum Gasteiger partial charge on any atom is -0.480 e. The van der Waals surface area contributed by atoms with E-state index in [0.29, 0.717) is 45.2 Å². The number of aromatic nitrogens is 6. The Balaban J connectivity index is 1.73. The summed E-state index contributed by atoms with van der Waals surface area (Å²) in [6.07, 6.45) is 3.55. The van der Waals surface area contributed by atoms with Crippen LogP contribution in [0.5, 0.6) is 0 Å². The fourth-order valence-electron chi connectivity index (χ4n) is 4.73. The highest BCUT2D eigenvalue weighted by Gasteiger charge is 2.46. The molecule has 0 amide bonds. The Morgan fingerprint density at radius 3 is 2.69 bits per heavy atom. The Labute approximate surface area is 202 Å². The lowest BCUT2D eigenvalue weighted by atomic mass is 9.83. The van der Waals surface area contributed by atoms with Gasteiger partial charge in [-0.15, -0.1) is 5.10 Å². The number of aldehydes is 1. The number of anilines is 1. The largest absolute Gasteiger partial charge is 0.480 e. The van der Waals surface area contributed by atoms with E-state index in [1.165, 1.54) is 27.8 Å². The first-order valence-electron chi connectivity index (χ1n) is 10.6. The van der Waals surface area contributed by atoms with Crippen LogP contribution in [0.3, 0.4) is 0 Å². The van der Waals surface area contributed by atoms with Gasteiger partial charge in [-0.05, 0) is 52.4 Å². The van der Waals surface area contributed by atoms with Gasteiger partial charge in [-0.1, -0.05) is 11.6 Å². The maximum Gasteiger partial charge on any atom is 0.327 e. The number of carbonyl (C=O) groups excluding carboxylic acids is 1. The minimum atomic E-state index is -1.24. The van der Waals surface area contributed by atoms with Crippen LogP contribution in [0.25, 0.3) is 16.8 Å². The van der Waals surface area contributed by atoms with Gasteiger partial charge in [0.2, 0.25) is 0 Å². The van der Waals surface area contributed by atoms with Crippen molar-refractivity contribution in [3.63, 3.8) is 0 Å². The van der Waals surface area contributed by atoms with Crippen molar-refractivity contribution >= 4 is 29.5 Å². The summed E-state index contributed by atoms with van der Waals surface area (Å²) in [6.45, 7) is 0. The number of carboxylic acids is 1. The molecule has 11 nitrogen and oxygen atoms in total. The van der Waals surface area contributed by atoms with E-state index in [4.69, 9.17) is 17.3 Å². The number of carbonyl (C=O) groups is 2. The zero-order valence-corrected chi connectivity index (χ0v) is 18.8. The predicted octanol–water partition coefficient (Wildman–Crippen LogP) is 2.22. The number of rotatable bonds is 6. The van der Waals surface area contributed by atoms with Crippen molar-refractivity contribution in [3.05, 3.63) is 81.8 Å². The van der Waals surface area contributed by atoms with Crippen LogP contribution in [0.1, 0.15) is 35.7 Å². The van der Waals surface area contributed by atoms with Gasteiger partial charge in [-0.25, -0.2) is 4.79 Å². The standard InChI is InChI=1S/C23H18ClN7O4/c24-13-1-4-18(30-11-27-28-29-30)16(9-13)12-7-19-15(5-6-32)21(17-3-2-14(25)10-26-17)22(23(34)35)31(19)20(33)8-12/h1-4,6-11,15,21-22H,5,25H2,(H,34,35)/t15?,21?,22-/m0/s1. The van der Waals surface area contributed by atoms with E-state index in [1.807, 2.05) is 0 Å². The lowest BCUT2D eigenvalue weighted by molar-refractivity contribution is -0.141. The van der Waals surface area contributed by atoms with Crippen molar-refractivity contribution < 1.29 is 14.7 Å². The summed E-state index contributed by atoms with van der Waals surface area (Å²) in [5, 5.41) is 21.8. The maximum absolute atomic E-state index is 13.4. The van der Waals surface area contributed by atoms with Gasteiger partial charge in [0, 0.05) is 46.3 Å². The molecule has 0 bridgehead atoms. The minimum absolute atomic E-state index is 0.00119. The number of nitrogens with two attached hydrogens (primary N) is 1. The Kier molecular flexibility index (Phi) is 5.61. The molecule has 0 aliphatic carbocycles. The molecule has 1 aliphatic rings. The van der Waals surface area contributed by atoms with Crippen LogP contribution in [0.15, 0.2) is 59.8 Å². The molecule has 0 saturated carbocycles. The molecule has 0 saturated heterocycles. The van der Waals surface area contributed by atoms with Gasteiger partial charge in [0.05, 0.1) is 17.6 Å². The molecule has 4 heterocycles. The average molecular weight is 492 g/mol. The highest BCUT2D eigenvalue weighted by molar-refractivity contribution is 6.31. The smallest absolute Gasteiger partial charge is 0.327 e. The van der Waals surface area contributed by atoms with Crippen molar-refractivity contribution in [2.24, 2.45) is 0 Å². The monoisotopic (exact) mass is 491 g/mol. The molecule has 1 aromatic carbocycles. The van der Waals surface area contributed by atoms with Crippen molar-refractivity contribution in [3.8, 4) is 16.8 Å². The van der Waals surface area contributed by atoms with E-state index in [9.17, 15) is 19.5 Å². The molecule has 3 aromatic heterocycles. The van der Waals surface area contributed by atoms with E-state index >= 15 is 0 Å². The second kappa shape index (κ2) is 8.76. The van der Waals surface area contributed by atoms with Crippen LogP contribution in [0.2, 0.25) is 5.02 Å². The highest BCUT2D eigenvalue weighted by atomic mass is 35.5. The molecule has 35 heavy (non-hydrogen) atoms. The number of fused-ring (bicyclic) bond motifs is 1. The molecule has 176 valence electrons. The Hall–Kier alpha value is -4.38. The van der Waals surface area contributed by atoms with Crippen LogP contribution in [0.4, 0.5) is 5.69 Å². The van der Waals surface area contributed by atoms with Gasteiger partial charge >= 0.3 is 5.97 Å². The summed E-state index contributed by atoms with van der Waals surface area (Å²) in [5.74, 6) is -2.55. The fraction of sp³-hybridized carbons (Fsp3) is 0.174. The van der Waals surface area contributed by atoms with Gasteiger partial charge in [0.15, 0.2) is 0 Å². The van der Waals surface area contributed by atoms with Crippen molar-refractivity contribution in [1.82, 2.24) is 29.8 Å². The predicted molar refractivity (Wildman–Crippen MR) is 125 cm³/mol. The molecule has 0 spiro atoms. The topological polar surface area (TPSA) is 159 Å². The fourth-order valence-corrected chi connectivity index (χ4v) is 4.90. The second-order valence-electron chi connectivity index (χ2n) is 8.13. The third-order valence-electron chi connectivity index (χ3n) is 6.15. The zero-order valence-electron chi connectivity index (χ0n) is 18.0. The Morgan fingerprint density at radius 1 is 1.20 bits per heavy atom. The average Bonchev–Trinajstić information content (AvgIpc) is 3.47. The molecule has 0 fully saturated rings. The Bertz CT molecular complexity index is 1480. The zero-order chi connectivity index (χ0) is 24.7. The maximum atomic E-state index is 13.4. The third kappa shape index (κ3) is 3.85. The molecule has 12 heteroatoms. The molecule has 1 aliphatic heterocycles. The van der Waals surface area contributed by atoms with E-state index in [1.54, 1.807) is 36.4 Å². The summed E-state index contributed by atoms with van der Waals surface area (Å²) >= 11 is 6.26. The summed E-state index contributed by atoms with van der Waals surface area (Å²) in [4.78, 5) is 41.7. The van der Waals surface area contributed by atoms with Crippen LogP contribution in [-0.2, 0) is 9.59 Å². The number of pyridine rings is 2. The summed E-state index contributed by atoms with van der Waals surface area (Å²) in [5.41, 5.74) is 8.11. The van der Waals surface area contributed by atoms with Crippen LogP contribution < -0.4 is 11.3 Å². The van der Waals surface area contributed by atoms with E-state index in [-0.39, 0.29) is 6.42 Å². The lowest BCUT2D eigenvalue weighted by Gasteiger charge is -2.20. The van der Waals surface area contributed by atoms with Crippen molar-refractivity contribution in [2.45, 2.75) is 24.3 Å². The molecule has 3 N–H and O–H groups in total. The molecular weight excluding hydrogens is 474 g/mol. The third-order valence-corrected chi connectivity index (χ3v) is 6.38. The van der Waals surface area contributed by atoms with Crippen molar-refractivity contribution in [1.29, 1.82) is 0 Å². The molecule has 5 rings (SSSR count). The number of hydrogen-bond donors (Lipinski definition) is 2. The van der Waals surface area contributed by atoms with E-state index in [0.717, 1.165) is 0 Å². The number of carboxylic acid groups (broad SMARTS) is 1. The van der Waals surface area contributed by atoms with Crippen molar-refractivity contribution in [2.75, 3.05) is 5.73 Å². The number of tetrazole rings is 1. The molecule has 0 radical (unpaired) electrons. The first-order valence-corrected chi connectivity index (χ1v) is 10.9. The molecule has 4 aromatic rings. The lowest BCUT2D eigenvalue weighted by Crippen LogP contribution is -2.30. The van der Waals surface area contributed by atoms with Crippen LogP contribution in [-0.4, -0.2) is 47.1 Å². The highest BCUT2D eigenvalue weighted by Crippen LogP contribution is 2.49. The van der Waals surface area contributed by atoms with Gasteiger partial charge in [-0.2, -0.15) is 4.68 Å². The Morgan fingerprint density at radius 2 is 2.03 bits per heavy atom. The second-order valence-corrected chi connectivity index (χ2v) is 8.56. The van der Waals surface area contributed by atoms with Crippen LogP contribution >= 0.6 is 11.6 Å². The van der Waals surface area contributed by atoms with E-state index in [2.05, 4.69) is 20.5 Å². The number of halogens is 1. The number of nitrogens with zero attached hydrogens (tertiary/aromatic N) is 6. The normalized spacial score (nSPS) is 18.8. The van der Waals surface area contributed by atoms with E-state index < -0.39 is 29.4 Å². The van der Waals surface area contributed by atoms with Gasteiger partial charge in [-0.3, -0.25) is 14.3 Å². The number of benzene rings is 1. The summed E-state index contributed by atoms with van der Waals surface area (Å²) in [6, 6.07) is 10.1. The molecule has 2 unspecified atom stereocenters. The van der Waals surface area contributed by atoms with Crippen LogP contribution in [0, 0.1) is 0 Å². The SMILES string of the molecule is Nc1ccc(C2C(CC=O)c3cc(-c4cc(Cl)ccc4-n4cnnn4)cc(=O)n3[C@@H]2C(=O)O)nc1. The number of hydrogen-bond acceptors (Lipinski definition) is 8. The first kappa shape index (κ1) is 22.4. The quantitative estimate of drug-likeness (QED) is 0.385. The van der Waals surface area contributed by atoms with Gasteiger partial charge < -0.3 is 15.6 Å².